The molecule has 4 heteroatoms. The van der Waals surface area contributed by atoms with Crippen LogP contribution in [0.15, 0.2) is 22.4 Å². The fourth-order valence-electron chi connectivity index (χ4n) is 1.20. The van der Waals surface area contributed by atoms with Crippen molar-refractivity contribution >= 4 is 61.6 Å². The maximum atomic E-state index is 6.06. The summed E-state index contributed by atoms with van der Waals surface area (Å²) in [6.45, 7) is 0. The summed E-state index contributed by atoms with van der Waals surface area (Å²) in [6, 6.07) is 6.16. The fraction of sp³-hybridized carbons (Fsp3) is 0.111. The summed E-state index contributed by atoms with van der Waals surface area (Å²) in [7, 11) is 0. The summed E-state index contributed by atoms with van der Waals surface area (Å²) in [6.07, 6.45) is 0. The molecule has 0 aliphatic rings. The van der Waals surface area contributed by atoms with E-state index in [-0.39, 0.29) is 0 Å². The van der Waals surface area contributed by atoms with Gasteiger partial charge in [0.25, 0.3) is 0 Å². The molecule has 68 valence electrons. The SMILES string of the molecule is Sc1cc2cc(CBr)c(Cl)cc2s1. The van der Waals surface area contributed by atoms with E-state index in [4.69, 9.17) is 11.6 Å². The van der Waals surface area contributed by atoms with Crippen molar-refractivity contribution in [2.45, 2.75) is 9.54 Å². The van der Waals surface area contributed by atoms with Gasteiger partial charge in [0.2, 0.25) is 0 Å². The fourth-order valence-corrected chi connectivity index (χ4v) is 3.38. The Hall–Kier alpha value is 0.300. The number of hydrogen-bond acceptors (Lipinski definition) is 2. The molecule has 1 aromatic carbocycles. The van der Waals surface area contributed by atoms with Crippen LogP contribution in [0.4, 0.5) is 0 Å². The van der Waals surface area contributed by atoms with Gasteiger partial charge in [0, 0.05) is 15.1 Å². The van der Waals surface area contributed by atoms with E-state index in [1.807, 2.05) is 6.07 Å². The van der Waals surface area contributed by atoms with E-state index in [2.05, 4.69) is 40.7 Å². The number of alkyl halides is 1. The molecule has 0 aliphatic carbocycles. The summed E-state index contributed by atoms with van der Waals surface area (Å²) >= 11 is 15.4. The zero-order chi connectivity index (χ0) is 9.42. The Morgan fingerprint density at radius 2 is 2.15 bits per heavy atom. The zero-order valence-corrected chi connectivity index (χ0v) is 10.6. The molecule has 0 amide bonds. The first-order valence-corrected chi connectivity index (χ1v) is 6.44. The van der Waals surface area contributed by atoms with Crippen molar-refractivity contribution in [3.8, 4) is 0 Å². The lowest BCUT2D eigenvalue weighted by Crippen LogP contribution is -1.77. The second kappa shape index (κ2) is 3.81. The highest BCUT2D eigenvalue weighted by molar-refractivity contribution is 9.08. The van der Waals surface area contributed by atoms with Gasteiger partial charge in [-0.15, -0.1) is 24.0 Å². The molecule has 1 heterocycles. The third-order valence-electron chi connectivity index (χ3n) is 1.82. The molecular formula is C9H6BrClS2. The largest absolute Gasteiger partial charge is 0.133 e. The number of benzene rings is 1. The van der Waals surface area contributed by atoms with Crippen LogP contribution in [0.1, 0.15) is 5.56 Å². The van der Waals surface area contributed by atoms with Crippen LogP contribution < -0.4 is 0 Å². The van der Waals surface area contributed by atoms with Gasteiger partial charge in [0.15, 0.2) is 0 Å². The number of hydrogen-bond donors (Lipinski definition) is 1. The van der Waals surface area contributed by atoms with Crippen molar-refractivity contribution in [3.63, 3.8) is 0 Å². The highest BCUT2D eigenvalue weighted by atomic mass is 79.9. The van der Waals surface area contributed by atoms with Crippen molar-refractivity contribution in [2.75, 3.05) is 0 Å². The maximum Gasteiger partial charge on any atom is 0.0580 e. The minimum absolute atomic E-state index is 0.791. The lowest BCUT2D eigenvalue weighted by molar-refractivity contribution is 1.47. The summed E-state index contributed by atoms with van der Waals surface area (Å²) in [5.41, 5.74) is 1.13. The Balaban J connectivity index is 2.72. The van der Waals surface area contributed by atoms with Crippen molar-refractivity contribution in [1.29, 1.82) is 0 Å². The molecule has 2 aromatic rings. The van der Waals surface area contributed by atoms with Gasteiger partial charge in [0.05, 0.1) is 4.21 Å². The number of thiol groups is 1. The van der Waals surface area contributed by atoms with Gasteiger partial charge in [-0.05, 0) is 29.1 Å². The molecule has 0 unspecified atom stereocenters. The summed E-state index contributed by atoms with van der Waals surface area (Å²) in [4.78, 5) is 0. The van der Waals surface area contributed by atoms with E-state index in [9.17, 15) is 0 Å². The molecule has 0 saturated heterocycles. The van der Waals surface area contributed by atoms with Gasteiger partial charge in [-0.1, -0.05) is 27.5 Å². The van der Waals surface area contributed by atoms with E-state index >= 15 is 0 Å². The Bertz CT molecular complexity index is 450. The normalized spacial score (nSPS) is 11.0. The topological polar surface area (TPSA) is 0 Å². The molecule has 0 aliphatic heterocycles. The predicted octanol–water partition coefficient (Wildman–Crippen LogP) is 4.74. The smallest absolute Gasteiger partial charge is 0.0580 e. The van der Waals surface area contributed by atoms with E-state index in [0.717, 1.165) is 20.1 Å². The Kier molecular flexibility index (Phi) is 2.88. The van der Waals surface area contributed by atoms with Gasteiger partial charge in [-0.2, -0.15) is 0 Å². The Labute approximate surface area is 99.4 Å². The first-order valence-electron chi connectivity index (χ1n) is 3.67. The molecule has 0 N–H and O–H groups in total. The van der Waals surface area contributed by atoms with Crippen LogP contribution in [0.2, 0.25) is 5.02 Å². The molecule has 0 fully saturated rings. The van der Waals surface area contributed by atoms with Gasteiger partial charge >= 0.3 is 0 Å². The second-order valence-corrected chi connectivity index (χ2v) is 5.54. The monoisotopic (exact) mass is 292 g/mol. The van der Waals surface area contributed by atoms with E-state index in [1.54, 1.807) is 11.3 Å². The molecular weight excluding hydrogens is 288 g/mol. The number of fused-ring (bicyclic) bond motifs is 1. The molecule has 0 bridgehead atoms. The van der Waals surface area contributed by atoms with E-state index in [1.165, 1.54) is 10.1 Å². The van der Waals surface area contributed by atoms with Gasteiger partial charge in [0.1, 0.15) is 0 Å². The highest BCUT2D eigenvalue weighted by Crippen LogP contribution is 2.33. The first kappa shape index (κ1) is 9.84. The maximum absolute atomic E-state index is 6.06. The molecule has 1 aromatic heterocycles. The predicted molar refractivity (Wildman–Crippen MR) is 66.7 cm³/mol. The van der Waals surface area contributed by atoms with Crippen LogP contribution in [0, 0.1) is 0 Å². The Morgan fingerprint density at radius 3 is 2.85 bits per heavy atom. The van der Waals surface area contributed by atoms with Gasteiger partial charge in [-0.3, -0.25) is 0 Å². The summed E-state index contributed by atoms with van der Waals surface area (Å²) < 4.78 is 2.22. The minimum atomic E-state index is 0.791. The average molecular weight is 294 g/mol. The van der Waals surface area contributed by atoms with Crippen LogP contribution in [-0.4, -0.2) is 0 Å². The van der Waals surface area contributed by atoms with Gasteiger partial charge in [-0.25, -0.2) is 0 Å². The van der Waals surface area contributed by atoms with Crippen molar-refractivity contribution in [2.24, 2.45) is 0 Å². The van der Waals surface area contributed by atoms with Crippen LogP contribution in [-0.2, 0) is 5.33 Å². The van der Waals surface area contributed by atoms with Crippen molar-refractivity contribution < 1.29 is 0 Å². The van der Waals surface area contributed by atoms with Crippen molar-refractivity contribution in [1.82, 2.24) is 0 Å². The van der Waals surface area contributed by atoms with E-state index < -0.39 is 0 Å². The molecule has 0 spiro atoms. The van der Waals surface area contributed by atoms with Gasteiger partial charge < -0.3 is 0 Å². The molecule has 0 saturated carbocycles. The summed E-state index contributed by atoms with van der Waals surface area (Å²) in [5.74, 6) is 0. The van der Waals surface area contributed by atoms with E-state index in [0.29, 0.717) is 0 Å². The molecule has 13 heavy (non-hydrogen) atoms. The quantitative estimate of drug-likeness (QED) is 0.570. The lowest BCUT2D eigenvalue weighted by atomic mass is 10.2. The second-order valence-electron chi connectivity index (χ2n) is 2.70. The minimum Gasteiger partial charge on any atom is -0.133 e. The summed E-state index contributed by atoms with van der Waals surface area (Å²) in [5, 5.41) is 2.83. The van der Waals surface area contributed by atoms with Crippen LogP contribution >= 0.6 is 51.5 Å². The standard InChI is InChI=1S/C9H6BrClS2/c10-4-6-1-5-2-9(12)13-8(5)3-7(6)11/h1-3,12H,4H2. The highest BCUT2D eigenvalue weighted by Gasteiger charge is 2.04. The van der Waals surface area contributed by atoms with Crippen LogP contribution in [0.25, 0.3) is 10.1 Å². The number of halogens is 2. The lowest BCUT2D eigenvalue weighted by Gasteiger charge is -1.99. The first-order chi connectivity index (χ1) is 6.20. The Morgan fingerprint density at radius 1 is 1.38 bits per heavy atom. The third kappa shape index (κ3) is 1.89. The molecule has 0 nitrogen and oxygen atoms in total. The number of rotatable bonds is 1. The average Bonchev–Trinajstić information content (AvgIpc) is 2.42. The molecule has 2 rings (SSSR count). The van der Waals surface area contributed by atoms with Crippen LogP contribution in [0.3, 0.4) is 0 Å². The zero-order valence-electron chi connectivity index (χ0n) is 6.55. The molecule has 0 atom stereocenters. The van der Waals surface area contributed by atoms with Crippen molar-refractivity contribution in [3.05, 3.63) is 28.8 Å². The van der Waals surface area contributed by atoms with Crippen LogP contribution in [0.5, 0.6) is 0 Å². The third-order valence-corrected chi connectivity index (χ3v) is 4.08. The molecule has 0 radical (unpaired) electrons. The number of thiophene rings is 1.